The molecule has 3 rings (SSSR count). The van der Waals surface area contributed by atoms with E-state index in [1.807, 2.05) is 23.2 Å². The van der Waals surface area contributed by atoms with Gasteiger partial charge in [0.1, 0.15) is 5.75 Å². The Morgan fingerprint density at radius 2 is 1.81 bits per heavy atom. The largest absolute Gasteiger partial charge is 0.481 e. The van der Waals surface area contributed by atoms with Crippen LogP contribution in [-0.4, -0.2) is 60.0 Å². The molecule has 0 aliphatic carbocycles. The lowest BCUT2D eigenvalue weighted by molar-refractivity contribution is -0.139. The molecular formula is C21H25N3O3. The maximum absolute atomic E-state index is 10.7. The van der Waals surface area contributed by atoms with E-state index >= 15 is 0 Å². The second-order valence-corrected chi connectivity index (χ2v) is 6.68. The van der Waals surface area contributed by atoms with Gasteiger partial charge in [-0.05, 0) is 24.6 Å². The molecular weight excluding hydrogens is 342 g/mol. The molecule has 1 aliphatic rings. The maximum atomic E-state index is 10.7. The first-order chi connectivity index (χ1) is 13.1. The quantitative estimate of drug-likeness (QED) is 0.762. The number of hydrogen-bond acceptors (Lipinski definition) is 5. The van der Waals surface area contributed by atoms with Crippen LogP contribution < -0.4 is 4.74 Å². The zero-order chi connectivity index (χ0) is 19.1. The van der Waals surface area contributed by atoms with Gasteiger partial charge in [-0.1, -0.05) is 42.0 Å². The van der Waals surface area contributed by atoms with E-state index < -0.39 is 5.97 Å². The topological polar surface area (TPSA) is 65.4 Å². The van der Waals surface area contributed by atoms with Crippen LogP contribution in [-0.2, 0) is 11.3 Å². The number of hydrogen-bond donors (Lipinski definition) is 1. The number of carboxylic acids is 1. The Morgan fingerprint density at radius 1 is 1.11 bits per heavy atom. The highest BCUT2D eigenvalue weighted by Gasteiger charge is 2.15. The minimum Gasteiger partial charge on any atom is -0.481 e. The zero-order valence-corrected chi connectivity index (χ0v) is 15.5. The van der Waals surface area contributed by atoms with Gasteiger partial charge in [-0.15, -0.1) is 0 Å². The van der Waals surface area contributed by atoms with Gasteiger partial charge in [-0.25, -0.2) is 4.79 Å². The average molecular weight is 367 g/mol. The van der Waals surface area contributed by atoms with Crippen LogP contribution in [0.3, 0.4) is 0 Å². The van der Waals surface area contributed by atoms with Gasteiger partial charge in [0.25, 0.3) is 0 Å². The number of benzene rings is 2. The average Bonchev–Trinajstić information content (AvgIpc) is 2.68. The fourth-order valence-electron chi connectivity index (χ4n) is 2.96. The van der Waals surface area contributed by atoms with E-state index in [0.29, 0.717) is 5.75 Å². The van der Waals surface area contributed by atoms with Gasteiger partial charge in [-0.2, -0.15) is 5.10 Å². The molecule has 0 atom stereocenters. The summed E-state index contributed by atoms with van der Waals surface area (Å²) in [5.74, 6) is -0.465. The van der Waals surface area contributed by atoms with Crippen LogP contribution in [0.5, 0.6) is 5.75 Å². The molecule has 0 radical (unpaired) electrons. The van der Waals surface area contributed by atoms with Gasteiger partial charge < -0.3 is 9.84 Å². The third kappa shape index (κ3) is 5.82. The van der Waals surface area contributed by atoms with E-state index in [1.54, 1.807) is 12.3 Å². The van der Waals surface area contributed by atoms with E-state index in [2.05, 4.69) is 41.2 Å². The fraction of sp³-hybridized carbons (Fsp3) is 0.333. The number of carbonyl (C=O) groups is 1. The number of rotatable bonds is 7. The number of para-hydroxylation sites is 1. The van der Waals surface area contributed by atoms with Crippen LogP contribution in [0.2, 0.25) is 0 Å². The molecule has 1 saturated heterocycles. The molecule has 2 aromatic carbocycles. The smallest absolute Gasteiger partial charge is 0.341 e. The Balaban J connectivity index is 1.51. The second kappa shape index (κ2) is 9.19. The maximum Gasteiger partial charge on any atom is 0.341 e. The van der Waals surface area contributed by atoms with Crippen molar-refractivity contribution in [3.05, 3.63) is 65.2 Å². The Kier molecular flexibility index (Phi) is 6.44. The highest BCUT2D eigenvalue weighted by molar-refractivity contribution is 5.83. The van der Waals surface area contributed by atoms with Gasteiger partial charge in [0, 0.05) is 38.3 Å². The van der Waals surface area contributed by atoms with Gasteiger partial charge in [0.2, 0.25) is 0 Å². The van der Waals surface area contributed by atoms with Crippen molar-refractivity contribution in [3.63, 3.8) is 0 Å². The normalized spacial score (nSPS) is 15.2. The van der Waals surface area contributed by atoms with E-state index in [9.17, 15) is 4.79 Å². The molecule has 27 heavy (non-hydrogen) atoms. The summed E-state index contributed by atoms with van der Waals surface area (Å²) in [5.41, 5.74) is 3.40. The Hall–Kier alpha value is -2.86. The van der Waals surface area contributed by atoms with Gasteiger partial charge in [0.05, 0.1) is 6.21 Å². The number of hydrazone groups is 1. The third-order valence-electron chi connectivity index (χ3n) is 4.51. The van der Waals surface area contributed by atoms with Crippen LogP contribution in [0.1, 0.15) is 16.7 Å². The van der Waals surface area contributed by atoms with Crippen molar-refractivity contribution in [2.75, 3.05) is 32.8 Å². The molecule has 0 saturated carbocycles. The van der Waals surface area contributed by atoms with Crippen molar-refractivity contribution in [1.82, 2.24) is 9.91 Å². The number of carboxylic acid groups (broad SMARTS) is 1. The summed E-state index contributed by atoms with van der Waals surface area (Å²) >= 11 is 0. The summed E-state index contributed by atoms with van der Waals surface area (Å²) in [6.45, 7) is 6.35. The molecule has 1 fully saturated rings. The monoisotopic (exact) mass is 367 g/mol. The van der Waals surface area contributed by atoms with Crippen LogP contribution in [0.4, 0.5) is 0 Å². The first kappa shape index (κ1) is 18.9. The number of nitrogens with zero attached hydrogens (tertiary/aromatic N) is 3. The van der Waals surface area contributed by atoms with Gasteiger partial charge >= 0.3 is 5.97 Å². The van der Waals surface area contributed by atoms with Crippen LogP contribution in [0, 0.1) is 6.92 Å². The van der Waals surface area contributed by atoms with Crippen molar-refractivity contribution in [2.45, 2.75) is 13.5 Å². The molecule has 0 amide bonds. The zero-order valence-electron chi connectivity index (χ0n) is 15.5. The Bertz CT molecular complexity index is 782. The molecule has 1 heterocycles. The summed E-state index contributed by atoms with van der Waals surface area (Å²) in [6.07, 6.45) is 1.74. The lowest BCUT2D eigenvalue weighted by Crippen LogP contribution is -2.43. The number of piperazine rings is 1. The van der Waals surface area contributed by atoms with Crippen molar-refractivity contribution in [2.24, 2.45) is 5.10 Å². The van der Waals surface area contributed by atoms with E-state index in [-0.39, 0.29) is 6.61 Å². The minimum atomic E-state index is -0.994. The van der Waals surface area contributed by atoms with Gasteiger partial charge in [-0.3, -0.25) is 9.91 Å². The molecule has 142 valence electrons. The summed E-state index contributed by atoms with van der Waals surface area (Å²) < 4.78 is 5.31. The third-order valence-corrected chi connectivity index (χ3v) is 4.51. The first-order valence-corrected chi connectivity index (χ1v) is 9.10. The first-order valence-electron chi connectivity index (χ1n) is 9.10. The summed E-state index contributed by atoms with van der Waals surface area (Å²) in [6, 6.07) is 16.0. The standard InChI is InChI=1S/C21H25N3O3/c1-17-6-8-18(9-7-17)15-23-10-12-24(13-11-23)22-14-19-4-2-3-5-20(19)27-16-21(25)26/h2-9,14H,10-13,15-16H2,1H3,(H,25,26)/b22-14-. The number of aryl methyl sites for hydroxylation is 1. The predicted octanol–water partition coefficient (Wildman–Crippen LogP) is 2.61. The predicted molar refractivity (Wildman–Crippen MR) is 105 cm³/mol. The molecule has 0 unspecified atom stereocenters. The molecule has 0 spiro atoms. The lowest BCUT2D eigenvalue weighted by Gasteiger charge is -2.33. The van der Waals surface area contributed by atoms with Crippen LogP contribution in [0.15, 0.2) is 53.6 Å². The highest BCUT2D eigenvalue weighted by atomic mass is 16.5. The van der Waals surface area contributed by atoms with E-state index in [0.717, 1.165) is 38.3 Å². The minimum absolute atomic E-state index is 0.359. The Labute approximate surface area is 159 Å². The fourth-order valence-corrected chi connectivity index (χ4v) is 2.96. The molecule has 6 heteroatoms. The van der Waals surface area contributed by atoms with Gasteiger partial charge in [0.15, 0.2) is 6.61 Å². The summed E-state index contributed by atoms with van der Waals surface area (Å²) in [4.78, 5) is 13.1. The van der Waals surface area contributed by atoms with Crippen LogP contribution in [0.25, 0.3) is 0 Å². The van der Waals surface area contributed by atoms with Crippen LogP contribution >= 0.6 is 0 Å². The molecule has 1 aliphatic heterocycles. The molecule has 2 aromatic rings. The summed E-state index contributed by atoms with van der Waals surface area (Å²) in [7, 11) is 0. The lowest BCUT2D eigenvalue weighted by atomic mass is 10.1. The van der Waals surface area contributed by atoms with Crippen molar-refractivity contribution < 1.29 is 14.6 Å². The van der Waals surface area contributed by atoms with E-state index in [4.69, 9.17) is 9.84 Å². The second-order valence-electron chi connectivity index (χ2n) is 6.68. The molecule has 6 nitrogen and oxygen atoms in total. The SMILES string of the molecule is Cc1ccc(CN2CCN(/N=C\c3ccccc3OCC(=O)O)CC2)cc1. The van der Waals surface area contributed by atoms with Crippen molar-refractivity contribution in [3.8, 4) is 5.75 Å². The molecule has 0 aromatic heterocycles. The molecule has 1 N–H and O–H groups in total. The van der Waals surface area contributed by atoms with E-state index in [1.165, 1.54) is 11.1 Å². The molecule has 0 bridgehead atoms. The highest BCUT2D eigenvalue weighted by Crippen LogP contribution is 2.16. The number of aliphatic carboxylic acids is 1. The summed E-state index contributed by atoms with van der Waals surface area (Å²) in [5, 5.41) is 15.4. The Morgan fingerprint density at radius 3 is 2.52 bits per heavy atom. The van der Waals surface area contributed by atoms with Crippen molar-refractivity contribution in [1.29, 1.82) is 0 Å². The number of ether oxygens (including phenoxy) is 1. The van der Waals surface area contributed by atoms with Crippen molar-refractivity contribution >= 4 is 12.2 Å².